The molecule has 1 amide bonds. The highest BCUT2D eigenvalue weighted by atomic mass is 16.5. The Morgan fingerprint density at radius 2 is 1.74 bits per heavy atom. The predicted molar refractivity (Wildman–Crippen MR) is 151 cm³/mol. The molecule has 196 valence electrons. The molecule has 8 heteroatoms. The van der Waals surface area contributed by atoms with Gasteiger partial charge in [0, 0.05) is 48.8 Å². The first-order valence-electron chi connectivity index (χ1n) is 12.9. The summed E-state index contributed by atoms with van der Waals surface area (Å²) in [6.07, 6.45) is 0.597. The Bertz CT molecular complexity index is 1410. The Labute approximate surface area is 222 Å². The number of carbonyl (C=O) groups is 1. The molecule has 1 fully saturated rings. The molecule has 0 spiro atoms. The van der Waals surface area contributed by atoms with E-state index in [1.54, 1.807) is 11.9 Å². The number of hydrogen-bond acceptors (Lipinski definition) is 6. The van der Waals surface area contributed by atoms with E-state index >= 15 is 0 Å². The van der Waals surface area contributed by atoms with Crippen molar-refractivity contribution in [2.75, 3.05) is 44.8 Å². The molecule has 0 bridgehead atoms. The topological polar surface area (TPSA) is 107 Å². The zero-order chi connectivity index (χ0) is 26.5. The minimum atomic E-state index is -0.574. The number of nitrogens with two attached hydrogens (primary N) is 1. The summed E-state index contributed by atoms with van der Waals surface area (Å²) >= 11 is 0. The number of nitrogens with zero attached hydrogens (tertiary/aromatic N) is 3. The molecular weight excluding hydrogens is 478 g/mol. The first-order valence-corrected chi connectivity index (χ1v) is 12.9. The second kappa shape index (κ2) is 11.6. The van der Waals surface area contributed by atoms with Gasteiger partial charge in [0.05, 0.1) is 36.2 Å². The maximum absolute atomic E-state index is 13.0. The fourth-order valence-electron chi connectivity index (χ4n) is 4.75. The maximum Gasteiger partial charge on any atom is 0.243 e. The van der Waals surface area contributed by atoms with Crippen LogP contribution in [0.5, 0.6) is 5.88 Å². The Balaban J connectivity index is 1.37. The van der Waals surface area contributed by atoms with Gasteiger partial charge in [0.25, 0.3) is 0 Å². The van der Waals surface area contributed by atoms with Crippen molar-refractivity contribution < 1.29 is 14.6 Å². The third kappa shape index (κ3) is 5.62. The summed E-state index contributed by atoms with van der Waals surface area (Å²) in [5, 5.41) is 11.7. The monoisotopic (exact) mass is 511 g/mol. The molecule has 38 heavy (non-hydrogen) atoms. The lowest BCUT2D eigenvalue weighted by Crippen LogP contribution is -2.45. The Morgan fingerprint density at radius 3 is 2.47 bits per heavy atom. The van der Waals surface area contributed by atoms with Gasteiger partial charge in [0.1, 0.15) is 0 Å². The number of para-hydroxylation sites is 1. The number of benzene rings is 3. The van der Waals surface area contributed by atoms with Crippen molar-refractivity contribution in [3.05, 3.63) is 90.0 Å². The molecule has 0 saturated carbocycles. The molecule has 5 rings (SSSR count). The molecule has 0 aliphatic carbocycles. The number of ether oxygens (including phenoxy) is 1. The van der Waals surface area contributed by atoms with Gasteiger partial charge in [-0.25, -0.2) is 4.99 Å². The van der Waals surface area contributed by atoms with Gasteiger partial charge in [-0.2, -0.15) is 0 Å². The molecule has 3 aromatic carbocycles. The molecular formula is C30H33N5O3. The van der Waals surface area contributed by atoms with Crippen LogP contribution in [0.2, 0.25) is 0 Å². The van der Waals surface area contributed by atoms with E-state index in [4.69, 9.17) is 15.5 Å². The largest absolute Gasteiger partial charge is 0.494 e. The number of amides is 1. The van der Waals surface area contributed by atoms with Crippen LogP contribution >= 0.6 is 0 Å². The number of nitrogens with one attached hydrogen (secondary N) is 1. The molecule has 0 radical (unpaired) electrons. The third-order valence-electron chi connectivity index (χ3n) is 6.96. The predicted octanol–water partition coefficient (Wildman–Crippen LogP) is 4.06. The number of aromatic amines is 1. The van der Waals surface area contributed by atoms with E-state index in [1.165, 1.54) is 0 Å². The summed E-state index contributed by atoms with van der Waals surface area (Å²) in [5.41, 5.74) is 10.7. The van der Waals surface area contributed by atoms with Crippen molar-refractivity contribution >= 4 is 33.9 Å². The van der Waals surface area contributed by atoms with Gasteiger partial charge >= 0.3 is 0 Å². The maximum atomic E-state index is 13.0. The van der Waals surface area contributed by atoms with E-state index in [2.05, 4.69) is 9.88 Å². The molecule has 1 aliphatic rings. The molecule has 1 aliphatic heterocycles. The van der Waals surface area contributed by atoms with Crippen molar-refractivity contribution in [3.8, 4) is 5.88 Å². The minimum Gasteiger partial charge on any atom is -0.494 e. The van der Waals surface area contributed by atoms with Gasteiger partial charge in [0.2, 0.25) is 5.91 Å². The number of H-pyrrole nitrogens is 1. The highest BCUT2D eigenvalue weighted by Gasteiger charge is 2.22. The quantitative estimate of drug-likeness (QED) is 0.309. The second-order valence-electron chi connectivity index (χ2n) is 9.48. The number of hydrogen-bond donors (Lipinski definition) is 3. The van der Waals surface area contributed by atoms with Crippen LogP contribution in [0.25, 0.3) is 10.9 Å². The van der Waals surface area contributed by atoms with Crippen LogP contribution < -0.4 is 10.6 Å². The lowest BCUT2D eigenvalue weighted by molar-refractivity contribution is -0.119. The fourth-order valence-corrected chi connectivity index (χ4v) is 4.75. The first-order chi connectivity index (χ1) is 18.5. The SMILES string of the molecule is CN(C(=O)C(N)CCN1CCOCC1)c1ccc(N=C(c2ccccc2)c2c(O)[nH]c3ccccc23)cc1. The third-order valence-corrected chi connectivity index (χ3v) is 6.96. The van der Waals surface area contributed by atoms with Crippen molar-refractivity contribution in [1.82, 2.24) is 9.88 Å². The van der Waals surface area contributed by atoms with Crippen molar-refractivity contribution in [1.29, 1.82) is 0 Å². The van der Waals surface area contributed by atoms with E-state index in [9.17, 15) is 9.90 Å². The molecule has 8 nitrogen and oxygen atoms in total. The van der Waals surface area contributed by atoms with E-state index in [-0.39, 0.29) is 11.8 Å². The number of aromatic nitrogens is 1. The van der Waals surface area contributed by atoms with Crippen LogP contribution in [0.3, 0.4) is 0 Å². The standard InChI is InChI=1S/C30H33N5O3/c1-34(30(37)25(31)15-16-35-17-19-38-20-18-35)23-13-11-22(12-14-23)32-28(21-7-3-2-4-8-21)27-24-9-5-6-10-26(24)33-29(27)36/h2-14,25,33,36H,15-20,31H2,1H3. The molecule has 4 aromatic rings. The van der Waals surface area contributed by atoms with Gasteiger partial charge in [-0.15, -0.1) is 0 Å². The fraction of sp³-hybridized carbons (Fsp3) is 0.267. The van der Waals surface area contributed by atoms with Crippen LogP contribution in [-0.4, -0.2) is 72.5 Å². The average Bonchev–Trinajstić information content (AvgIpc) is 3.30. The van der Waals surface area contributed by atoms with Crippen LogP contribution in [0, 0.1) is 0 Å². The van der Waals surface area contributed by atoms with E-state index in [0.717, 1.165) is 55.0 Å². The van der Waals surface area contributed by atoms with Crippen LogP contribution in [0.1, 0.15) is 17.5 Å². The number of rotatable bonds is 8. The molecule has 1 aromatic heterocycles. The molecule has 4 N–H and O–H groups in total. The molecule has 1 atom stereocenters. The first kappa shape index (κ1) is 25.7. The Kier molecular flexibility index (Phi) is 7.83. The van der Waals surface area contributed by atoms with Gasteiger partial charge in [-0.1, -0.05) is 48.5 Å². The Hall–Kier alpha value is -3.98. The minimum absolute atomic E-state index is 0.0711. The number of aromatic hydroxyl groups is 1. The number of carbonyl (C=O) groups excluding carboxylic acids is 1. The molecule has 1 saturated heterocycles. The summed E-state index contributed by atoms with van der Waals surface area (Å²) in [5.74, 6) is -0.0509. The average molecular weight is 512 g/mol. The summed E-state index contributed by atoms with van der Waals surface area (Å²) in [6.45, 7) is 3.98. The summed E-state index contributed by atoms with van der Waals surface area (Å²) < 4.78 is 5.38. The van der Waals surface area contributed by atoms with Gasteiger partial charge in [-0.3, -0.25) is 9.69 Å². The highest BCUT2D eigenvalue weighted by Crippen LogP contribution is 2.31. The number of aliphatic imine (C=N–C) groups is 1. The lowest BCUT2D eigenvalue weighted by Gasteiger charge is -2.28. The number of morpholine rings is 1. The highest BCUT2D eigenvalue weighted by molar-refractivity contribution is 6.21. The van der Waals surface area contributed by atoms with E-state index in [0.29, 0.717) is 23.4 Å². The zero-order valence-electron chi connectivity index (χ0n) is 21.5. The van der Waals surface area contributed by atoms with Crippen LogP contribution in [-0.2, 0) is 9.53 Å². The smallest absolute Gasteiger partial charge is 0.243 e. The number of anilines is 1. The molecule has 2 heterocycles. The summed E-state index contributed by atoms with van der Waals surface area (Å²) in [4.78, 5) is 24.8. The number of likely N-dealkylation sites (N-methyl/N-ethyl adjacent to an activating group) is 1. The molecule has 1 unspecified atom stereocenters. The zero-order valence-corrected chi connectivity index (χ0v) is 21.5. The van der Waals surface area contributed by atoms with Crippen molar-refractivity contribution in [2.45, 2.75) is 12.5 Å². The summed E-state index contributed by atoms with van der Waals surface area (Å²) in [6, 6.07) is 24.4. The van der Waals surface area contributed by atoms with Crippen molar-refractivity contribution in [3.63, 3.8) is 0 Å². The van der Waals surface area contributed by atoms with Gasteiger partial charge < -0.3 is 25.5 Å². The van der Waals surface area contributed by atoms with E-state index in [1.807, 2.05) is 78.9 Å². The van der Waals surface area contributed by atoms with Crippen LogP contribution in [0.4, 0.5) is 11.4 Å². The normalized spacial score (nSPS) is 15.5. The van der Waals surface area contributed by atoms with E-state index < -0.39 is 6.04 Å². The summed E-state index contributed by atoms with van der Waals surface area (Å²) in [7, 11) is 1.74. The number of fused-ring (bicyclic) bond motifs is 1. The Morgan fingerprint density at radius 1 is 1.05 bits per heavy atom. The van der Waals surface area contributed by atoms with Crippen LogP contribution in [0.15, 0.2) is 83.9 Å². The van der Waals surface area contributed by atoms with Crippen molar-refractivity contribution in [2.24, 2.45) is 10.7 Å². The van der Waals surface area contributed by atoms with Gasteiger partial charge in [0.15, 0.2) is 5.88 Å². The second-order valence-corrected chi connectivity index (χ2v) is 9.48. The lowest BCUT2D eigenvalue weighted by atomic mass is 10.0. The van der Waals surface area contributed by atoms with Gasteiger partial charge in [-0.05, 0) is 36.8 Å².